The first-order chi connectivity index (χ1) is 9.16. The highest BCUT2D eigenvalue weighted by Crippen LogP contribution is 2.24. The minimum atomic E-state index is 0.185. The van der Waals surface area contributed by atoms with Crippen LogP contribution in [0, 0.1) is 13.8 Å². The molecule has 2 aromatic rings. The van der Waals surface area contributed by atoms with Crippen molar-refractivity contribution in [2.75, 3.05) is 19.6 Å². The molecule has 0 atom stereocenters. The van der Waals surface area contributed by atoms with Gasteiger partial charge in [-0.15, -0.1) is 0 Å². The van der Waals surface area contributed by atoms with Crippen molar-refractivity contribution >= 4 is 16.8 Å². The highest BCUT2D eigenvalue weighted by molar-refractivity contribution is 5.87. The Kier molecular flexibility index (Phi) is 3.03. The summed E-state index contributed by atoms with van der Waals surface area (Å²) in [4.78, 5) is 17.1. The summed E-state index contributed by atoms with van der Waals surface area (Å²) in [5.41, 5.74) is 4.97. The molecular weight excluding hydrogens is 238 g/mol. The maximum absolute atomic E-state index is 11.8. The quantitative estimate of drug-likeness (QED) is 0.860. The number of amides is 1. The zero-order valence-corrected chi connectivity index (χ0v) is 11.4. The van der Waals surface area contributed by atoms with Crippen LogP contribution in [0.25, 0.3) is 10.9 Å². The van der Waals surface area contributed by atoms with E-state index in [-0.39, 0.29) is 5.91 Å². The van der Waals surface area contributed by atoms with Crippen LogP contribution in [0.15, 0.2) is 18.3 Å². The molecule has 0 saturated carbocycles. The molecule has 100 valence electrons. The summed E-state index contributed by atoms with van der Waals surface area (Å²) in [7, 11) is 0. The molecule has 1 fully saturated rings. The van der Waals surface area contributed by atoms with Gasteiger partial charge < -0.3 is 15.2 Å². The minimum absolute atomic E-state index is 0.185. The predicted molar refractivity (Wildman–Crippen MR) is 76.1 cm³/mol. The van der Waals surface area contributed by atoms with Crippen molar-refractivity contribution in [3.63, 3.8) is 0 Å². The van der Waals surface area contributed by atoms with Crippen molar-refractivity contribution < 1.29 is 4.79 Å². The Hall–Kier alpha value is -1.81. The van der Waals surface area contributed by atoms with Gasteiger partial charge in [0.1, 0.15) is 0 Å². The number of hydrogen-bond donors (Lipinski definition) is 2. The molecule has 4 heteroatoms. The highest BCUT2D eigenvalue weighted by Gasteiger charge is 2.19. The molecule has 0 unspecified atom stereocenters. The lowest BCUT2D eigenvalue weighted by molar-refractivity contribution is -0.132. The Morgan fingerprint density at radius 1 is 1.32 bits per heavy atom. The molecule has 1 aliphatic rings. The van der Waals surface area contributed by atoms with Crippen LogP contribution in [-0.4, -0.2) is 35.4 Å². The maximum atomic E-state index is 11.8. The second-order valence-electron chi connectivity index (χ2n) is 5.24. The molecular formula is C15H19N3O. The number of aryl methyl sites for hydroxylation is 2. The summed E-state index contributed by atoms with van der Waals surface area (Å²) in [5, 5.41) is 4.33. The number of nitrogens with zero attached hydrogens (tertiary/aromatic N) is 1. The van der Waals surface area contributed by atoms with E-state index >= 15 is 0 Å². The van der Waals surface area contributed by atoms with Crippen LogP contribution in [0.4, 0.5) is 0 Å². The number of piperazine rings is 1. The minimum Gasteiger partial charge on any atom is -0.361 e. The summed E-state index contributed by atoms with van der Waals surface area (Å²) < 4.78 is 0. The molecule has 1 saturated heterocycles. The third-order valence-corrected chi connectivity index (χ3v) is 4.02. The molecule has 0 aliphatic carbocycles. The molecule has 19 heavy (non-hydrogen) atoms. The van der Waals surface area contributed by atoms with Crippen molar-refractivity contribution in [1.82, 2.24) is 15.2 Å². The van der Waals surface area contributed by atoms with E-state index in [2.05, 4.69) is 36.3 Å². The molecule has 3 rings (SSSR count). The number of rotatable bonds is 2. The van der Waals surface area contributed by atoms with Gasteiger partial charge in [0.25, 0.3) is 0 Å². The van der Waals surface area contributed by atoms with Crippen LogP contribution >= 0.6 is 0 Å². The predicted octanol–water partition coefficient (Wildman–Crippen LogP) is 1.72. The third-order valence-electron chi connectivity index (χ3n) is 4.02. The molecule has 1 aliphatic heterocycles. The highest BCUT2D eigenvalue weighted by atomic mass is 16.2. The van der Waals surface area contributed by atoms with E-state index in [4.69, 9.17) is 0 Å². The fourth-order valence-electron chi connectivity index (χ4n) is 2.66. The Labute approximate surface area is 112 Å². The molecule has 1 aromatic heterocycles. The Balaban J connectivity index is 1.93. The second-order valence-corrected chi connectivity index (χ2v) is 5.24. The molecule has 4 nitrogen and oxygen atoms in total. The standard InChI is InChI=1S/C15H19N3O/c1-10-3-4-13-12(7-17-15(13)11(10)2)9-18-6-5-16-8-14(18)19/h3-4,7,16-17H,5-6,8-9H2,1-2H3. The number of H-pyrrole nitrogens is 1. The largest absolute Gasteiger partial charge is 0.361 e. The first kappa shape index (κ1) is 12.2. The van der Waals surface area contributed by atoms with Gasteiger partial charge in [-0.05, 0) is 30.5 Å². The van der Waals surface area contributed by atoms with Gasteiger partial charge in [0, 0.05) is 36.7 Å². The fourth-order valence-corrected chi connectivity index (χ4v) is 2.66. The number of fused-ring (bicyclic) bond motifs is 1. The van der Waals surface area contributed by atoms with Crippen LogP contribution in [-0.2, 0) is 11.3 Å². The van der Waals surface area contributed by atoms with Gasteiger partial charge >= 0.3 is 0 Å². The zero-order valence-electron chi connectivity index (χ0n) is 11.4. The summed E-state index contributed by atoms with van der Waals surface area (Å²) in [6, 6.07) is 4.30. The van der Waals surface area contributed by atoms with Gasteiger partial charge in [-0.3, -0.25) is 4.79 Å². The number of aromatic nitrogens is 1. The maximum Gasteiger partial charge on any atom is 0.236 e. The number of carbonyl (C=O) groups excluding carboxylic acids is 1. The van der Waals surface area contributed by atoms with Crippen molar-refractivity contribution in [2.45, 2.75) is 20.4 Å². The van der Waals surface area contributed by atoms with E-state index in [9.17, 15) is 4.79 Å². The van der Waals surface area contributed by atoms with E-state index in [0.717, 1.165) is 13.1 Å². The van der Waals surface area contributed by atoms with Gasteiger partial charge in [0.05, 0.1) is 6.54 Å². The molecule has 0 bridgehead atoms. The van der Waals surface area contributed by atoms with Crippen LogP contribution in [0.5, 0.6) is 0 Å². The van der Waals surface area contributed by atoms with Gasteiger partial charge in [-0.1, -0.05) is 12.1 Å². The third kappa shape index (κ3) is 2.12. The van der Waals surface area contributed by atoms with Gasteiger partial charge in [-0.25, -0.2) is 0 Å². The molecule has 2 N–H and O–H groups in total. The van der Waals surface area contributed by atoms with Crippen LogP contribution in [0.2, 0.25) is 0 Å². The molecule has 0 spiro atoms. The van der Waals surface area contributed by atoms with Crippen molar-refractivity contribution in [1.29, 1.82) is 0 Å². The van der Waals surface area contributed by atoms with Crippen molar-refractivity contribution in [2.24, 2.45) is 0 Å². The second kappa shape index (κ2) is 4.70. The SMILES string of the molecule is Cc1ccc2c(CN3CCNCC3=O)c[nH]c2c1C. The van der Waals surface area contributed by atoms with Gasteiger partial charge in [0.2, 0.25) is 5.91 Å². The normalized spacial score (nSPS) is 16.3. The van der Waals surface area contributed by atoms with E-state index in [1.54, 1.807) is 0 Å². The van der Waals surface area contributed by atoms with E-state index in [1.807, 2.05) is 11.1 Å². The number of carbonyl (C=O) groups is 1. The van der Waals surface area contributed by atoms with Crippen LogP contribution in [0.1, 0.15) is 16.7 Å². The average Bonchev–Trinajstić information content (AvgIpc) is 2.81. The Morgan fingerprint density at radius 2 is 2.16 bits per heavy atom. The Morgan fingerprint density at radius 3 is 2.95 bits per heavy atom. The summed E-state index contributed by atoms with van der Waals surface area (Å²) in [6.07, 6.45) is 2.03. The summed E-state index contributed by atoms with van der Waals surface area (Å²) >= 11 is 0. The lowest BCUT2D eigenvalue weighted by atomic mass is 10.0. The van der Waals surface area contributed by atoms with E-state index < -0.39 is 0 Å². The van der Waals surface area contributed by atoms with Gasteiger partial charge in [-0.2, -0.15) is 0 Å². The molecule has 1 aromatic carbocycles. The summed E-state index contributed by atoms with van der Waals surface area (Å²) in [6.45, 7) is 7.08. The number of hydrogen-bond acceptors (Lipinski definition) is 2. The smallest absolute Gasteiger partial charge is 0.236 e. The lowest BCUT2D eigenvalue weighted by Gasteiger charge is -2.27. The topological polar surface area (TPSA) is 48.1 Å². The monoisotopic (exact) mass is 257 g/mol. The molecule has 1 amide bonds. The van der Waals surface area contributed by atoms with Crippen LogP contribution < -0.4 is 5.32 Å². The first-order valence-electron chi connectivity index (χ1n) is 6.71. The van der Waals surface area contributed by atoms with Gasteiger partial charge in [0.15, 0.2) is 0 Å². The Bertz CT molecular complexity index is 630. The van der Waals surface area contributed by atoms with E-state index in [0.29, 0.717) is 13.1 Å². The molecule has 0 radical (unpaired) electrons. The first-order valence-corrected chi connectivity index (χ1v) is 6.71. The lowest BCUT2D eigenvalue weighted by Crippen LogP contribution is -2.47. The average molecular weight is 257 g/mol. The van der Waals surface area contributed by atoms with Crippen molar-refractivity contribution in [3.05, 3.63) is 35.0 Å². The molecule has 2 heterocycles. The number of nitrogens with one attached hydrogen (secondary N) is 2. The summed E-state index contributed by atoms with van der Waals surface area (Å²) in [5.74, 6) is 0.185. The number of aromatic amines is 1. The van der Waals surface area contributed by atoms with Crippen molar-refractivity contribution in [3.8, 4) is 0 Å². The van der Waals surface area contributed by atoms with E-state index in [1.165, 1.54) is 27.6 Å². The zero-order chi connectivity index (χ0) is 13.4. The fraction of sp³-hybridized carbons (Fsp3) is 0.400. The number of benzene rings is 1. The van der Waals surface area contributed by atoms with Crippen LogP contribution in [0.3, 0.4) is 0 Å².